The molecule has 0 N–H and O–H groups in total. The van der Waals surface area contributed by atoms with Gasteiger partial charge in [-0.15, -0.1) is 12.4 Å². The Balaban J connectivity index is 0.00000218. The van der Waals surface area contributed by atoms with Gasteiger partial charge >= 0.3 is 0 Å². The molecule has 0 spiro atoms. The molecule has 0 bridgehead atoms. The zero-order valence-electron chi connectivity index (χ0n) is 17.0. The van der Waals surface area contributed by atoms with Crippen LogP contribution in [-0.4, -0.2) is 47.6 Å². The van der Waals surface area contributed by atoms with Crippen LogP contribution in [-0.2, 0) is 0 Å². The molecule has 30 heavy (non-hydrogen) atoms. The molecular weight excluding hydrogens is 396 g/mol. The number of nitrogens with zero attached hydrogens (tertiary/aromatic N) is 4. The normalized spacial score (nSPS) is 15.2. The predicted molar refractivity (Wildman–Crippen MR) is 125 cm³/mol. The number of furan rings is 1. The van der Waals surface area contributed by atoms with Crippen LogP contribution in [0.1, 0.15) is 11.4 Å². The van der Waals surface area contributed by atoms with E-state index in [-0.39, 0.29) is 12.4 Å². The van der Waals surface area contributed by atoms with Crippen LogP contribution in [0.25, 0.3) is 28.1 Å². The first-order valence-corrected chi connectivity index (χ1v) is 10.1. The van der Waals surface area contributed by atoms with Gasteiger partial charge in [-0.3, -0.25) is 4.90 Å². The Morgan fingerprint density at radius 3 is 2.47 bits per heavy atom. The van der Waals surface area contributed by atoms with Crippen molar-refractivity contribution >= 4 is 46.4 Å². The molecule has 0 radical (unpaired) electrons. The molecule has 6 heteroatoms. The fourth-order valence-corrected chi connectivity index (χ4v) is 3.94. The Bertz CT molecular complexity index is 1160. The largest absolute Gasteiger partial charge is 0.450 e. The Hall–Kier alpha value is -2.89. The number of rotatable bonds is 4. The lowest BCUT2D eigenvalue weighted by Crippen LogP contribution is -2.46. The number of benzene rings is 2. The predicted octanol–water partition coefficient (Wildman–Crippen LogP) is 4.94. The van der Waals surface area contributed by atoms with Gasteiger partial charge in [-0.1, -0.05) is 54.6 Å². The molecule has 1 aliphatic heterocycles. The van der Waals surface area contributed by atoms with Gasteiger partial charge in [0.1, 0.15) is 16.9 Å². The van der Waals surface area contributed by atoms with E-state index in [1.165, 1.54) is 5.56 Å². The van der Waals surface area contributed by atoms with Crippen molar-refractivity contribution in [3.63, 3.8) is 0 Å². The SMILES string of the molecule is Cc1nc(N2CCN(C/C=C/c3ccccc3)CC2)c2oc3ccccc3c2n1.Cl. The fraction of sp³-hybridized carbons (Fsp3) is 0.250. The van der Waals surface area contributed by atoms with Crippen LogP contribution < -0.4 is 4.90 Å². The van der Waals surface area contributed by atoms with Gasteiger partial charge in [0, 0.05) is 38.1 Å². The number of hydrogen-bond acceptors (Lipinski definition) is 5. The van der Waals surface area contributed by atoms with E-state index in [4.69, 9.17) is 9.40 Å². The molecule has 1 aliphatic rings. The van der Waals surface area contributed by atoms with Gasteiger partial charge in [-0.05, 0) is 24.6 Å². The van der Waals surface area contributed by atoms with Crippen LogP contribution in [0, 0.1) is 6.92 Å². The molecule has 1 saturated heterocycles. The number of piperazine rings is 1. The topological polar surface area (TPSA) is 45.4 Å². The quantitative estimate of drug-likeness (QED) is 0.467. The number of halogens is 1. The summed E-state index contributed by atoms with van der Waals surface area (Å²) < 4.78 is 6.14. The monoisotopic (exact) mass is 420 g/mol. The zero-order chi connectivity index (χ0) is 19.6. The summed E-state index contributed by atoms with van der Waals surface area (Å²) in [6.07, 6.45) is 4.44. The fourth-order valence-electron chi connectivity index (χ4n) is 3.94. The summed E-state index contributed by atoms with van der Waals surface area (Å²) >= 11 is 0. The second-order valence-corrected chi connectivity index (χ2v) is 7.47. The number of anilines is 1. The molecule has 4 aromatic rings. The summed E-state index contributed by atoms with van der Waals surface area (Å²) in [6.45, 7) is 6.79. The molecule has 0 aliphatic carbocycles. The van der Waals surface area contributed by atoms with E-state index < -0.39 is 0 Å². The minimum Gasteiger partial charge on any atom is -0.450 e. The lowest BCUT2D eigenvalue weighted by atomic mass is 10.2. The summed E-state index contributed by atoms with van der Waals surface area (Å²) in [6, 6.07) is 18.5. The van der Waals surface area contributed by atoms with E-state index in [0.717, 1.165) is 66.4 Å². The highest BCUT2D eigenvalue weighted by Crippen LogP contribution is 2.33. The molecule has 154 valence electrons. The van der Waals surface area contributed by atoms with E-state index in [2.05, 4.69) is 57.3 Å². The number of fused-ring (bicyclic) bond motifs is 3. The van der Waals surface area contributed by atoms with Gasteiger partial charge in [0.05, 0.1) is 0 Å². The van der Waals surface area contributed by atoms with Crippen LogP contribution in [0.4, 0.5) is 5.82 Å². The first-order chi connectivity index (χ1) is 14.3. The minimum atomic E-state index is 0. The maximum atomic E-state index is 6.14. The maximum absolute atomic E-state index is 6.14. The van der Waals surface area contributed by atoms with Gasteiger partial charge < -0.3 is 9.32 Å². The van der Waals surface area contributed by atoms with E-state index in [1.807, 2.05) is 31.2 Å². The Morgan fingerprint density at radius 1 is 0.933 bits per heavy atom. The van der Waals surface area contributed by atoms with Crippen molar-refractivity contribution in [2.75, 3.05) is 37.6 Å². The number of hydrogen-bond donors (Lipinski definition) is 0. The first-order valence-electron chi connectivity index (χ1n) is 10.1. The van der Waals surface area contributed by atoms with Crippen molar-refractivity contribution in [3.05, 3.63) is 72.1 Å². The van der Waals surface area contributed by atoms with Gasteiger partial charge in [0.25, 0.3) is 0 Å². The second kappa shape index (κ2) is 8.86. The zero-order valence-corrected chi connectivity index (χ0v) is 17.8. The van der Waals surface area contributed by atoms with Gasteiger partial charge in [0.15, 0.2) is 11.4 Å². The average molecular weight is 421 g/mol. The van der Waals surface area contributed by atoms with Gasteiger partial charge in [0.2, 0.25) is 0 Å². The van der Waals surface area contributed by atoms with E-state index in [0.29, 0.717) is 0 Å². The molecule has 0 atom stereocenters. The summed E-state index contributed by atoms with van der Waals surface area (Å²) in [7, 11) is 0. The van der Waals surface area contributed by atoms with Crippen molar-refractivity contribution in [1.82, 2.24) is 14.9 Å². The average Bonchev–Trinajstić information content (AvgIpc) is 3.13. The van der Waals surface area contributed by atoms with Crippen LogP contribution in [0.3, 0.4) is 0 Å². The van der Waals surface area contributed by atoms with E-state index in [9.17, 15) is 0 Å². The van der Waals surface area contributed by atoms with Crippen LogP contribution in [0.5, 0.6) is 0 Å². The van der Waals surface area contributed by atoms with Crippen molar-refractivity contribution in [2.45, 2.75) is 6.92 Å². The number of para-hydroxylation sites is 1. The molecular formula is C24H25ClN4O. The third-order valence-electron chi connectivity index (χ3n) is 5.46. The van der Waals surface area contributed by atoms with E-state index >= 15 is 0 Å². The minimum absolute atomic E-state index is 0. The smallest absolute Gasteiger partial charge is 0.196 e. The summed E-state index contributed by atoms with van der Waals surface area (Å²) in [5.41, 5.74) is 3.83. The summed E-state index contributed by atoms with van der Waals surface area (Å²) in [5.74, 6) is 1.70. The Kier molecular flexibility index (Phi) is 6.02. The molecule has 2 aromatic carbocycles. The van der Waals surface area contributed by atoms with Gasteiger partial charge in [-0.2, -0.15) is 0 Å². The van der Waals surface area contributed by atoms with Crippen LogP contribution in [0.15, 0.2) is 65.1 Å². The van der Waals surface area contributed by atoms with Crippen molar-refractivity contribution < 1.29 is 4.42 Å². The lowest BCUT2D eigenvalue weighted by Gasteiger charge is -2.34. The molecule has 1 fully saturated rings. The first kappa shape index (κ1) is 20.4. The van der Waals surface area contributed by atoms with Gasteiger partial charge in [-0.25, -0.2) is 9.97 Å². The van der Waals surface area contributed by atoms with Crippen molar-refractivity contribution in [1.29, 1.82) is 0 Å². The van der Waals surface area contributed by atoms with E-state index in [1.54, 1.807) is 0 Å². The summed E-state index contributed by atoms with van der Waals surface area (Å²) in [4.78, 5) is 14.2. The molecule has 5 nitrogen and oxygen atoms in total. The van der Waals surface area contributed by atoms with Crippen molar-refractivity contribution in [3.8, 4) is 0 Å². The molecule has 3 heterocycles. The third kappa shape index (κ3) is 4.04. The Morgan fingerprint density at radius 2 is 1.67 bits per heavy atom. The highest BCUT2D eigenvalue weighted by atomic mass is 35.5. The summed E-state index contributed by atoms with van der Waals surface area (Å²) in [5, 5.41) is 1.05. The van der Waals surface area contributed by atoms with Crippen LogP contribution in [0.2, 0.25) is 0 Å². The molecule has 0 amide bonds. The standard InChI is InChI=1S/C24H24N4O.ClH/c1-18-25-22-20-11-5-6-12-21(20)29-23(22)24(26-18)28-16-14-27(15-17-28)13-7-10-19-8-3-2-4-9-19;/h2-12H,13-17H2,1H3;1H/b10-7+;. The number of aryl methyl sites for hydroxylation is 1. The molecule has 0 saturated carbocycles. The van der Waals surface area contributed by atoms with Crippen LogP contribution >= 0.6 is 12.4 Å². The molecule has 5 rings (SSSR count). The highest BCUT2D eigenvalue weighted by molar-refractivity contribution is 6.05. The third-order valence-corrected chi connectivity index (χ3v) is 5.46. The lowest BCUT2D eigenvalue weighted by molar-refractivity contribution is 0.283. The Labute approximate surface area is 182 Å². The number of aromatic nitrogens is 2. The highest BCUT2D eigenvalue weighted by Gasteiger charge is 2.23. The second-order valence-electron chi connectivity index (χ2n) is 7.47. The molecule has 0 unspecified atom stereocenters. The maximum Gasteiger partial charge on any atom is 0.196 e. The van der Waals surface area contributed by atoms with Crippen molar-refractivity contribution in [2.24, 2.45) is 0 Å². The molecule has 2 aromatic heterocycles.